The normalized spacial score (nSPS) is 15.4. The molecule has 0 fully saturated rings. The Balaban J connectivity index is 1.70. The van der Waals surface area contributed by atoms with Gasteiger partial charge in [-0.1, -0.05) is 29.5 Å². The van der Waals surface area contributed by atoms with Gasteiger partial charge in [-0.05, 0) is 81.6 Å². The van der Waals surface area contributed by atoms with Crippen molar-refractivity contribution in [3.63, 3.8) is 0 Å². The molecular formula is C27H20Br2N2O6S. The minimum atomic E-state index is -0.843. The number of fused-ring (bicyclic) bond motifs is 2. The molecule has 0 saturated heterocycles. The first kappa shape index (κ1) is 26.3. The average molecular weight is 660 g/mol. The van der Waals surface area contributed by atoms with Crippen LogP contribution in [0.3, 0.4) is 0 Å². The van der Waals surface area contributed by atoms with E-state index in [0.717, 1.165) is 5.39 Å². The summed E-state index contributed by atoms with van der Waals surface area (Å²) in [4.78, 5) is 43.3. The molecule has 38 heavy (non-hydrogen) atoms. The van der Waals surface area contributed by atoms with Crippen molar-refractivity contribution in [2.75, 3.05) is 6.61 Å². The fraction of sp³-hybridized carbons (Fsp3) is 0.185. The molecule has 8 nitrogen and oxygen atoms in total. The fourth-order valence-corrected chi connectivity index (χ4v) is 6.68. The Morgan fingerprint density at radius 2 is 1.89 bits per heavy atom. The Hall–Kier alpha value is -3.28. The number of allylic oxidation sites excluding steroid dienone is 1. The number of hydrogen-bond acceptors (Lipinski definition) is 8. The molecule has 2 aromatic heterocycles. The highest BCUT2D eigenvalue weighted by Crippen LogP contribution is 2.36. The number of para-hydroxylation sites is 1. The number of aromatic nitrogens is 1. The molecule has 0 bridgehead atoms. The van der Waals surface area contributed by atoms with Crippen molar-refractivity contribution < 1.29 is 23.5 Å². The quantitative estimate of drug-likeness (QED) is 0.221. The topological polar surface area (TPSA) is 100 Å². The molecular weight excluding hydrogens is 640 g/mol. The summed E-state index contributed by atoms with van der Waals surface area (Å²) in [6.45, 7) is 4.95. The predicted octanol–water partition coefficient (Wildman–Crippen LogP) is 4.99. The van der Waals surface area contributed by atoms with Crippen LogP contribution in [0.1, 0.15) is 38.1 Å². The lowest BCUT2D eigenvalue weighted by Crippen LogP contribution is -2.39. The molecule has 3 heterocycles. The van der Waals surface area contributed by atoms with Crippen LogP contribution in [0.5, 0.6) is 5.75 Å². The van der Waals surface area contributed by atoms with E-state index in [1.54, 1.807) is 32.1 Å². The Morgan fingerprint density at radius 1 is 1.18 bits per heavy atom. The summed E-state index contributed by atoms with van der Waals surface area (Å²) in [5.41, 5.74) is 1.71. The number of hydrogen-bond donors (Lipinski definition) is 0. The zero-order chi connectivity index (χ0) is 27.1. The van der Waals surface area contributed by atoms with Gasteiger partial charge in [0.25, 0.3) is 5.56 Å². The van der Waals surface area contributed by atoms with Crippen LogP contribution in [0.2, 0.25) is 0 Å². The molecule has 194 valence electrons. The minimum absolute atomic E-state index is 0.181. The maximum Gasteiger partial charge on any atom is 0.338 e. The number of halogens is 2. The van der Waals surface area contributed by atoms with Crippen LogP contribution >= 0.6 is 43.2 Å². The van der Waals surface area contributed by atoms with Crippen LogP contribution in [0, 0.1) is 0 Å². The molecule has 0 N–H and O–H groups in total. The van der Waals surface area contributed by atoms with E-state index in [9.17, 15) is 14.4 Å². The highest BCUT2D eigenvalue weighted by Gasteiger charge is 2.35. The maximum atomic E-state index is 13.8. The second-order valence-electron chi connectivity index (χ2n) is 8.40. The third-order valence-electron chi connectivity index (χ3n) is 5.80. The summed E-state index contributed by atoms with van der Waals surface area (Å²) in [5.74, 6) is -0.226. The van der Waals surface area contributed by atoms with Crippen LogP contribution in [0.15, 0.2) is 76.9 Å². The van der Waals surface area contributed by atoms with E-state index in [4.69, 9.17) is 13.9 Å². The Labute approximate surface area is 237 Å². The van der Waals surface area contributed by atoms with Crippen molar-refractivity contribution in [2.24, 2.45) is 4.99 Å². The molecule has 5 rings (SSSR count). The van der Waals surface area contributed by atoms with Gasteiger partial charge >= 0.3 is 11.9 Å². The number of carbonyl (C=O) groups is 2. The summed E-state index contributed by atoms with van der Waals surface area (Å²) in [5, 5.41) is 0.852. The molecule has 0 saturated carbocycles. The van der Waals surface area contributed by atoms with E-state index >= 15 is 0 Å². The van der Waals surface area contributed by atoms with E-state index in [0.29, 0.717) is 46.6 Å². The van der Waals surface area contributed by atoms with E-state index in [1.807, 2.05) is 30.3 Å². The highest BCUT2D eigenvalue weighted by atomic mass is 79.9. The third-order valence-corrected chi connectivity index (χ3v) is 7.96. The number of ether oxygens (including phenoxy) is 2. The molecule has 1 aliphatic rings. The maximum absolute atomic E-state index is 13.8. The van der Waals surface area contributed by atoms with Gasteiger partial charge in [-0.25, -0.2) is 9.79 Å². The van der Waals surface area contributed by atoms with Crippen LogP contribution in [-0.4, -0.2) is 23.1 Å². The first-order valence-electron chi connectivity index (χ1n) is 11.5. The van der Waals surface area contributed by atoms with Crippen LogP contribution in [0.4, 0.5) is 0 Å². The number of furan rings is 1. The Kier molecular flexibility index (Phi) is 7.26. The zero-order valence-corrected chi connectivity index (χ0v) is 24.4. The average Bonchev–Trinajstić information content (AvgIpc) is 3.41. The lowest BCUT2D eigenvalue weighted by molar-refractivity contribution is -0.139. The van der Waals surface area contributed by atoms with Crippen molar-refractivity contribution >= 4 is 72.2 Å². The lowest BCUT2D eigenvalue weighted by Gasteiger charge is -2.22. The second-order valence-corrected chi connectivity index (χ2v) is 11.1. The van der Waals surface area contributed by atoms with Crippen LogP contribution < -0.4 is 19.6 Å². The first-order valence-corrected chi connectivity index (χ1v) is 13.9. The molecule has 2 aromatic carbocycles. The molecule has 0 radical (unpaired) electrons. The van der Waals surface area contributed by atoms with Crippen molar-refractivity contribution in [3.8, 4) is 5.75 Å². The minimum Gasteiger partial charge on any atom is -0.463 e. The molecule has 0 aliphatic carbocycles. The van der Waals surface area contributed by atoms with E-state index in [1.165, 1.54) is 22.8 Å². The van der Waals surface area contributed by atoms with Crippen molar-refractivity contribution in [1.29, 1.82) is 0 Å². The van der Waals surface area contributed by atoms with Gasteiger partial charge in [0.05, 0.1) is 31.4 Å². The van der Waals surface area contributed by atoms with Gasteiger partial charge in [-0.15, -0.1) is 0 Å². The van der Waals surface area contributed by atoms with Gasteiger partial charge in [0, 0.05) is 12.3 Å². The van der Waals surface area contributed by atoms with Gasteiger partial charge in [-0.3, -0.25) is 14.2 Å². The second kappa shape index (κ2) is 10.5. The van der Waals surface area contributed by atoms with Crippen molar-refractivity contribution in [1.82, 2.24) is 4.57 Å². The van der Waals surface area contributed by atoms with Gasteiger partial charge in [0.2, 0.25) is 0 Å². The summed E-state index contributed by atoms with van der Waals surface area (Å²) >= 11 is 8.05. The van der Waals surface area contributed by atoms with Crippen molar-refractivity contribution in [2.45, 2.75) is 26.8 Å². The number of esters is 2. The van der Waals surface area contributed by atoms with Gasteiger partial charge in [-0.2, -0.15) is 0 Å². The monoisotopic (exact) mass is 658 g/mol. The SMILES string of the molecule is CCOC(=O)C1=C(C)N=c2s/c(=C\c3cc(Br)c(OC(C)=O)c(Br)c3)c(=O)n2C1c1cc2ccccc2o1. The molecule has 1 unspecified atom stereocenters. The lowest BCUT2D eigenvalue weighted by atomic mass is 10.0. The third kappa shape index (κ3) is 4.81. The van der Waals surface area contributed by atoms with E-state index in [2.05, 4.69) is 36.9 Å². The van der Waals surface area contributed by atoms with Crippen LogP contribution in [-0.2, 0) is 14.3 Å². The van der Waals surface area contributed by atoms with Gasteiger partial charge < -0.3 is 13.9 Å². The summed E-state index contributed by atoms with van der Waals surface area (Å²) in [6.07, 6.45) is 1.72. The molecule has 1 atom stereocenters. The molecule has 1 aliphatic heterocycles. The number of nitrogens with zero attached hydrogens (tertiary/aromatic N) is 2. The van der Waals surface area contributed by atoms with Crippen LogP contribution in [0.25, 0.3) is 17.0 Å². The Bertz CT molecular complexity index is 1780. The summed E-state index contributed by atoms with van der Waals surface area (Å²) < 4.78 is 19.7. The zero-order valence-electron chi connectivity index (χ0n) is 20.4. The molecule has 4 aromatic rings. The molecule has 11 heteroatoms. The standard InChI is InChI=1S/C27H20Br2N2O6S/c1-4-35-26(34)22-13(2)30-27-31(23(22)20-12-16-7-5-6-8-19(16)37-20)25(33)21(38-27)11-15-9-17(28)24(18(29)10-15)36-14(3)32/h5-12,23H,4H2,1-3H3/b21-11-. The van der Waals surface area contributed by atoms with E-state index in [-0.39, 0.29) is 17.7 Å². The number of thiazole rings is 1. The van der Waals surface area contributed by atoms with Gasteiger partial charge in [0.15, 0.2) is 10.6 Å². The summed E-state index contributed by atoms with van der Waals surface area (Å²) in [6, 6.07) is 12.0. The molecule has 0 spiro atoms. The fourth-order valence-electron chi connectivity index (χ4n) is 4.25. The largest absolute Gasteiger partial charge is 0.463 e. The predicted molar refractivity (Wildman–Crippen MR) is 150 cm³/mol. The summed E-state index contributed by atoms with van der Waals surface area (Å²) in [7, 11) is 0. The number of carbonyl (C=O) groups excluding carboxylic acids is 2. The number of benzene rings is 2. The molecule has 0 amide bonds. The van der Waals surface area contributed by atoms with Gasteiger partial charge in [0.1, 0.15) is 17.4 Å². The highest BCUT2D eigenvalue weighted by molar-refractivity contribution is 9.11. The van der Waals surface area contributed by atoms with Crippen molar-refractivity contribution in [3.05, 3.63) is 93.7 Å². The Morgan fingerprint density at radius 3 is 2.55 bits per heavy atom. The smallest absolute Gasteiger partial charge is 0.338 e. The number of rotatable bonds is 5. The first-order chi connectivity index (χ1) is 18.2. The van der Waals surface area contributed by atoms with E-state index < -0.39 is 18.0 Å².